The van der Waals surface area contributed by atoms with E-state index in [1.807, 2.05) is 20.0 Å². The number of nitrogens with one attached hydrogen (secondary N) is 4. The van der Waals surface area contributed by atoms with E-state index in [0.717, 1.165) is 47.6 Å². The van der Waals surface area contributed by atoms with Crippen LogP contribution in [0.4, 0.5) is 66.7 Å². The molecule has 0 heterocycles. The maximum absolute atomic E-state index is 12.8. The first kappa shape index (κ1) is 44.8. The SMILES string of the molecule is CNc1c(C)cc(Cl)cc1Cl.CNc1ccc(C(F)(F)F)cc1Br.CNc1ccc(C(F)(F)F)cc1Cl.CNc1ccc(C(F)(F)F)cc1F. The fraction of sp³-hybridized carbons (Fsp3) is 0.250. The van der Waals surface area contributed by atoms with Crippen LogP contribution in [0.2, 0.25) is 15.1 Å². The molecule has 0 unspecified atom stereocenters. The van der Waals surface area contributed by atoms with Crippen molar-refractivity contribution >= 4 is 73.5 Å². The first-order valence-electron chi connectivity index (χ1n) is 13.8. The summed E-state index contributed by atoms with van der Waals surface area (Å²) in [5, 5.41) is 12.3. The summed E-state index contributed by atoms with van der Waals surface area (Å²) in [6, 6.07) is 12.6. The molecule has 0 spiro atoms. The van der Waals surface area contributed by atoms with Gasteiger partial charge in [0.15, 0.2) is 0 Å². The first-order chi connectivity index (χ1) is 23.0. The molecule has 4 N–H and O–H groups in total. The lowest BCUT2D eigenvalue weighted by Crippen LogP contribution is -2.06. The van der Waals surface area contributed by atoms with Gasteiger partial charge in [-0.05, 0) is 95.1 Å². The smallest absolute Gasteiger partial charge is 0.387 e. The Labute approximate surface area is 305 Å². The van der Waals surface area contributed by atoms with Crippen LogP contribution in [0, 0.1) is 12.7 Å². The van der Waals surface area contributed by atoms with E-state index >= 15 is 0 Å². The number of halogens is 14. The molecule has 4 aromatic carbocycles. The number of hydrogen-bond acceptors (Lipinski definition) is 4. The van der Waals surface area contributed by atoms with Gasteiger partial charge in [-0.25, -0.2) is 4.39 Å². The van der Waals surface area contributed by atoms with Gasteiger partial charge < -0.3 is 21.3 Å². The van der Waals surface area contributed by atoms with Gasteiger partial charge in [-0.1, -0.05) is 34.8 Å². The van der Waals surface area contributed by atoms with E-state index in [1.165, 1.54) is 19.2 Å². The van der Waals surface area contributed by atoms with Gasteiger partial charge in [0, 0.05) is 43.4 Å². The van der Waals surface area contributed by atoms with Crippen molar-refractivity contribution in [3.8, 4) is 0 Å². The number of benzene rings is 4. The van der Waals surface area contributed by atoms with E-state index < -0.39 is 41.0 Å². The van der Waals surface area contributed by atoms with Gasteiger partial charge in [-0.2, -0.15) is 39.5 Å². The van der Waals surface area contributed by atoms with Crippen LogP contribution >= 0.6 is 50.7 Å². The lowest BCUT2D eigenvalue weighted by molar-refractivity contribution is -0.138. The predicted octanol–water partition coefficient (Wildman–Crippen LogP) is 13.1. The minimum atomic E-state index is -4.49. The lowest BCUT2D eigenvalue weighted by Gasteiger charge is -2.09. The number of alkyl halides is 9. The average molecular weight is 847 g/mol. The quantitative estimate of drug-likeness (QED) is 0.155. The van der Waals surface area contributed by atoms with Gasteiger partial charge >= 0.3 is 18.5 Å². The monoisotopic (exact) mass is 844 g/mol. The van der Waals surface area contributed by atoms with Crippen LogP contribution in [0.1, 0.15) is 22.3 Å². The van der Waals surface area contributed by atoms with Crippen molar-refractivity contribution in [2.24, 2.45) is 0 Å². The van der Waals surface area contributed by atoms with Gasteiger partial charge in [0.2, 0.25) is 0 Å². The number of rotatable bonds is 4. The molecule has 0 aliphatic carbocycles. The van der Waals surface area contributed by atoms with Crippen LogP contribution in [0.25, 0.3) is 0 Å². The van der Waals surface area contributed by atoms with Crippen molar-refractivity contribution in [3.05, 3.63) is 114 Å². The highest BCUT2D eigenvalue weighted by Crippen LogP contribution is 2.35. The minimum Gasteiger partial charge on any atom is -0.387 e. The van der Waals surface area contributed by atoms with E-state index in [1.54, 1.807) is 20.2 Å². The van der Waals surface area contributed by atoms with E-state index in [2.05, 4.69) is 37.2 Å². The summed E-state index contributed by atoms with van der Waals surface area (Å²) in [6.07, 6.45) is -13.1. The molecule has 0 saturated heterocycles. The molecule has 0 saturated carbocycles. The first-order valence-corrected chi connectivity index (χ1v) is 15.7. The third kappa shape index (κ3) is 14.2. The average Bonchev–Trinajstić information content (AvgIpc) is 3.00. The molecule has 18 heteroatoms. The molecule has 0 fully saturated rings. The highest BCUT2D eigenvalue weighted by molar-refractivity contribution is 9.10. The number of aryl methyl sites for hydroxylation is 1. The zero-order valence-corrected chi connectivity index (χ0v) is 30.5. The maximum Gasteiger partial charge on any atom is 0.416 e. The second-order valence-electron chi connectivity index (χ2n) is 9.66. The van der Waals surface area contributed by atoms with Crippen molar-refractivity contribution < 1.29 is 43.9 Å². The second-order valence-corrected chi connectivity index (χ2v) is 11.8. The predicted molar refractivity (Wildman–Crippen MR) is 186 cm³/mol. The van der Waals surface area contributed by atoms with Gasteiger partial charge in [-0.3, -0.25) is 0 Å². The van der Waals surface area contributed by atoms with Crippen LogP contribution < -0.4 is 21.3 Å². The van der Waals surface area contributed by atoms with Gasteiger partial charge in [-0.15, -0.1) is 0 Å². The van der Waals surface area contributed by atoms with Crippen LogP contribution in [-0.4, -0.2) is 28.2 Å². The topological polar surface area (TPSA) is 48.1 Å². The normalized spacial score (nSPS) is 11.1. The zero-order valence-electron chi connectivity index (χ0n) is 26.6. The largest absolute Gasteiger partial charge is 0.416 e. The Balaban J connectivity index is 0.000000334. The van der Waals surface area contributed by atoms with Crippen molar-refractivity contribution in [3.63, 3.8) is 0 Å². The molecule has 276 valence electrons. The number of hydrogen-bond donors (Lipinski definition) is 4. The van der Waals surface area contributed by atoms with Gasteiger partial charge in [0.05, 0.1) is 43.8 Å². The molecular formula is C32H30BrCl3F10N4. The fourth-order valence-electron chi connectivity index (χ4n) is 3.70. The van der Waals surface area contributed by atoms with Crippen molar-refractivity contribution in [2.45, 2.75) is 25.5 Å². The molecule has 0 bridgehead atoms. The Kier molecular flexibility index (Phi) is 17.3. The highest BCUT2D eigenvalue weighted by atomic mass is 79.9. The van der Waals surface area contributed by atoms with E-state index in [9.17, 15) is 43.9 Å². The van der Waals surface area contributed by atoms with Crippen LogP contribution in [0.3, 0.4) is 0 Å². The summed E-state index contributed by atoms with van der Waals surface area (Å²) >= 11 is 20.3. The van der Waals surface area contributed by atoms with Crippen molar-refractivity contribution in [1.82, 2.24) is 0 Å². The Bertz CT molecular complexity index is 1520. The van der Waals surface area contributed by atoms with Gasteiger partial charge in [0.1, 0.15) is 5.82 Å². The molecule has 4 aromatic rings. The molecule has 0 aliphatic rings. The Morgan fingerprint density at radius 1 is 0.520 bits per heavy atom. The Morgan fingerprint density at radius 2 is 0.940 bits per heavy atom. The molecule has 0 atom stereocenters. The number of anilines is 4. The molecule has 4 rings (SSSR count). The summed E-state index contributed by atoms with van der Waals surface area (Å²) in [4.78, 5) is 0. The summed E-state index contributed by atoms with van der Waals surface area (Å²) in [6.45, 7) is 1.96. The summed E-state index contributed by atoms with van der Waals surface area (Å²) in [5.41, 5.74) is 0.788. The molecular weight excluding hydrogens is 817 g/mol. The summed E-state index contributed by atoms with van der Waals surface area (Å²) < 4.78 is 122. The van der Waals surface area contributed by atoms with Crippen LogP contribution in [0.5, 0.6) is 0 Å². The lowest BCUT2D eigenvalue weighted by atomic mass is 10.2. The van der Waals surface area contributed by atoms with E-state index in [0.29, 0.717) is 32.0 Å². The van der Waals surface area contributed by atoms with E-state index in [4.69, 9.17) is 34.8 Å². The van der Waals surface area contributed by atoms with Crippen LogP contribution in [-0.2, 0) is 18.5 Å². The minimum absolute atomic E-state index is 0.0491. The molecule has 0 radical (unpaired) electrons. The fourth-order valence-corrected chi connectivity index (χ4v) is 5.24. The third-order valence-electron chi connectivity index (χ3n) is 6.20. The molecule has 0 amide bonds. The highest BCUT2D eigenvalue weighted by Gasteiger charge is 2.32. The zero-order chi connectivity index (χ0) is 38.6. The molecule has 50 heavy (non-hydrogen) atoms. The molecule has 0 aromatic heterocycles. The Hall–Kier alpha value is -3.27. The Morgan fingerprint density at radius 3 is 1.30 bits per heavy atom. The van der Waals surface area contributed by atoms with Crippen molar-refractivity contribution in [1.29, 1.82) is 0 Å². The molecule has 0 aliphatic heterocycles. The van der Waals surface area contributed by atoms with E-state index in [-0.39, 0.29) is 10.7 Å². The van der Waals surface area contributed by atoms with Crippen LogP contribution in [0.15, 0.2) is 71.2 Å². The van der Waals surface area contributed by atoms with Crippen molar-refractivity contribution in [2.75, 3.05) is 49.5 Å². The summed E-state index contributed by atoms with van der Waals surface area (Å²) in [7, 11) is 6.51. The standard InChI is InChI=1S/C8H7BrF3N.C8H9Cl2N.C8H7ClF3N.C8H7F4N/c1-13-7-3-2-5(4-6(7)9)8(10,11)12;1-5-3-6(9)4-7(10)8(5)11-2;2*1-13-7-3-2-5(4-6(7)9)8(10,11)12/h2-4,13H,1H3;3-4,11H,1-2H3;2*2-4,13H,1H3. The maximum atomic E-state index is 12.8. The molecule has 4 nitrogen and oxygen atoms in total. The second kappa shape index (κ2) is 19.4. The van der Waals surface area contributed by atoms with Gasteiger partial charge in [0.25, 0.3) is 0 Å². The third-order valence-corrected chi connectivity index (χ3v) is 7.68. The summed E-state index contributed by atoms with van der Waals surface area (Å²) in [5.74, 6) is -0.905.